The van der Waals surface area contributed by atoms with Crippen LogP contribution in [-0.4, -0.2) is 26.5 Å². The zero-order valence-electron chi connectivity index (χ0n) is 9.85. The lowest BCUT2D eigenvalue weighted by molar-refractivity contribution is -0.274. The lowest BCUT2D eigenvalue weighted by atomic mass is 10.1. The van der Waals surface area contributed by atoms with E-state index >= 15 is 0 Å². The predicted octanol–water partition coefficient (Wildman–Crippen LogP) is 2.92. The molecule has 0 saturated carbocycles. The van der Waals surface area contributed by atoms with Crippen LogP contribution in [0.4, 0.5) is 13.2 Å². The number of aromatic nitrogens is 4. The first kappa shape index (κ1) is 12.4. The number of ether oxygens (including phenoxy) is 1. The minimum absolute atomic E-state index is 0.281. The number of aromatic amines is 1. The Morgan fingerprint density at radius 3 is 2.50 bits per heavy atom. The van der Waals surface area contributed by atoms with E-state index in [0.29, 0.717) is 22.4 Å². The molecule has 0 aliphatic rings. The van der Waals surface area contributed by atoms with Crippen molar-refractivity contribution >= 4 is 11.2 Å². The summed E-state index contributed by atoms with van der Waals surface area (Å²) in [7, 11) is 0. The van der Waals surface area contributed by atoms with Crippen LogP contribution >= 0.6 is 0 Å². The molecule has 3 rings (SSSR count). The molecule has 0 fully saturated rings. The van der Waals surface area contributed by atoms with Crippen LogP contribution in [0.5, 0.6) is 5.75 Å². The van der Waals surface area contributed by atoms with E-state index in [9.17, 15) is 13.2 Å². The molecule has 2 aromatic heterocycles. The second-order valence-corrected chi connectivity index (χ2v) is 3.93. The van der Waals surface area contributed by atoms with Crippen LogP contribution in [0.25, 0.3) is 22.4 Å². The summed E-state index contributed by atoms with van der Waals surface area (Å²) in [5.74, 6) is -0.281. The molecule has 0 atom stereocenters. The van der Waals surface area contributed by atoms with Crippen molar-refractivity contribution < 1.29 is 17.9 Å². The van der Waals surface area contributed by atoms with Crippen molar-refractivity contribution in [1.29, 1.82) is 0 Å². The summed E-state index contributed by atoms with van der Waals surface area (Å²) < 4.78 is 39.9. The van der Waals surface area contributed by atoms with Gasteiger partial charge in [0.25, 0.3) is 0 Å². The normalized spacial score (nSPS) is 11.8. The number of fused-ring (bicyclic) bond motifs is 1. The SMILES string of the molecule is FC(F)(F)Oc1ccc(-c2cnc3cn[nH]c3n2)cc1. The summed E-state index contributed by atoms with van der Waals surface area (Å²) in [6.07, 6.45) is -1.64. The molecule has 0 unspecified atom stereocenters. The minimum atomic E-state index is -4.70. The first-order valence-corrected chi connectivity index (χ1v) is 5.53. The highest BCUT2D eigenvalue weighted by atomic mass is 19.4. The maximum atomic E-state index is 12.0. The van der Waals surface area contributed by atoms with Gasteiger partial charge in [-0.2, -0.15) is 5.10 Å². The van der Waals surface area contributed by atoms with Gasteiger partial charge < -0.3 is 4.74 Å². The first-order chi connectivity index (χ1) is 9.51. The first-order valence-electron chi connectivity index (χ1n) is 5.53. The smallest absolute Gasteiger partial charge is 0.406 e. The molecule has 0 radical (unpaired) electrons. The van der Waals surface area contributed by atoms with Crippen molar-refractivity contribution in [3.05, 3.63) is 36.7 Å². The second-order valence-electron chi connectivity index (χ2n) is 3.93. The molecular formula is C12H7F3N4O. The Morgan fingerprint density at radius 1 is 1.05 bits per heavy atom. The van der Waals surface area contributed by atoms with E-state index in [4.69, 9.17) is 0 Å². The Hall–Kier alpha value is -2.64. The number of hydrogen-bond acceptors (Lipinski definition) is 4. The number of H-pyrrole nitrogens is 1. The van der Waals surface area contributed by atoms with Crippen LogP contribution < -0.4 is 4.74 Å². The summed E-state index contributed by atoms with van der Waals surface area (Å²) in [6.45, 7) is 0. The van der Waals surface area contributed by atoms with Crippen molar-refractivity contribution in [2.45, 2.75) is 6.36 Å². The van der Waals surface area contributed by atoms with Crippen molar-refractivity contribution in [2.75, 3.05) is 0 Å². The monoisotopic (exact) mass is 280 g/mol. The number of nitrogens with one attached hydrogen (secondary N) is 1. The van der Waals surface area contributed by atoms with Gasteiger partial charge in [-0.3, -0.25) is 5.10 Å². The van der Waals surface area contributed by atoms with Gasteiger partial charge in [0.1, 0.15) is 11.3 Å². The maximum Gasteiger partial charge on any atom is 0.573 e. The van der Waals surface area contributed by atoms with E-state index in [1.165, 1.54) is 36.7 Å². The summed E-state index contributed by atoms with van der Waals surface area (Å²) in [4.78, 5) is 8.40. The van der Waals surface area contributed by atoms with Crippen molar-refractivity contribution in [2.24, 2.45) is 0 Å². The summed E-state index contributed by atoms with van der Waals surface area (Å²) >= 11 is 0. The number of hydrogen-bond donors (Lipinski definition) is 1. The molecule has 0 aliphatic carbocycles. The fourth-order valence-electron chi connectivity index (χ4n) is 1.70. The molecule has 0 amide bonds. The van der Waals surface area contributed by atoms with Gasteiger partial charge in [0.2, 0.25) is 0 Å². The molecule has 0 bridgehead atoms. The Morgan fingerprint density at radius 2 is 1.80 bits per heavy atom. The van der Waals surface area contributed by atoms with Crippen molar-refractivity contribution in [3.8, 4) is 17.0 Å². The van der Waals surface area contributed by atoms with Crippen LogP contribution in [0.3, 0.4) is 0 Å². The quantitative estimate of drug-likeness (QED) is 0.784. The van der Waals surface area contributed by atoms with E-state index < -0.39 is 6.36 Å². The van der Waals surface area contributed by atoms with Crippen LogP contribution in [0, 0.1) is 0 Å². The molecule has 0 aliphatic heterocycles. The van der Waals surface area contributed by atoms with Crippen LogP contribution in [0.2, 0.25) is 0 Å². The number of benzene rings is 1. The van der Waals surface area contributed by atoms with Gasteiger partial charge in [-0.05, 0) is 24.3 Å². The molecular weight excluding hydrogens is 273 g/mol. The van der Waals surface area contributed by atoms with Gasteiger partial charge in [-0.1, -0.05) is 0 Å². The van der Waals surface area contributed by atoms with Crippen LogP contribution in [-0.2, 0) is 0 Å². The van der Waals surface area contributed by atoms with Crippen LogP contribution in [0.1, 0.15) is 0 Å². The van der Waals surface area contributed by atoms with Crippen molar-refractivity contribution in [1.82, 2.24) is 20.2 Å². The second kappa shape index (κ2) is 4.48. The van der Waals surface area contributed by atoms with Gasteiger partial charge in [0, 0.05) is 5.56 Å². The van der Waals surface area contributed by atoms with Gasteiger partial charge in [-0.25, -0.2) is 9.97 Å². The van der Waals surface area contributed by atoms with E-state index in [1.807, 2.05) is 0 Å². The van der Waals surface area contributed by atoms with Gasteiger partial charge in [0.05, 0.1) is 18.1 Å². The topological polar surface area (TPSA) is 63.7 Å². The lowest BCUT2D eigenvalue weighted by Crippen LogP contribution is -2.16. The zero-order valence-corrected chi connectivity index (χ0v) is 9.85. The lowest BCUT2D eigenvalue weighted by Gasteiger charge is -2.09. The molecule has 8 heteroatoms. The van der Waals surface area contributed by atoms with Crippen LogP contribution in [0.15, 0.2) is 36.7 Å². The fraction of sp³-hybridized carbons (Fsp3) is 0.0833. The largest absolute Gasteiger partial charge is 0.573 e. The highest BCUT2D eigenvalue weighted by Gasteiger charge is 2.30. The Balaban J connectivity index is 1.90. The van der Waals surface area contributed by atoms with E-state index in [-0.39, 0.29) is 5.75 Å². The molecule has 5 nitrogen and oxygen atoms in total. The number of halogens is 3. The Labute approximate surface area is 110 Å². The average Bonchev–Trinajstić information content (AvgIpc) is 2.85. The third kappa shape index (κ3) is 2.53. The average molecular weight is 280 g/mol. The van der Waals surface area contributed by atoms with E-state index in [1.54, 1.807) is 0 Å². The number of rotatable bonds is 2. The predicted molar refractivity (Wildman–Crippen MR) is 63.8 cm³/mol. The Kier molecular flexibility index (Phi) is 2.78. The standard InChI is InChI=1S/C12H7F3N4O/c13-12(14,15)20-8-3-1-7(2-4-8)9-5-16-10-6-17-19-11(10)18-9/h1-6H,(H,17,18,19). The zero-order chi connectivity index (χ0) is 14.2. The number of alkyl halides is 3. The maximum absolute atomic E-state index is 12.0. The summed E-state index contributed by atoms with van der Waals surface area (Å²) in [5.41, 5.74) is 2.28. The molecule has 0 spiro atoms. The molecule has 102 valence electrons. The third-order valence-electron chi connectivity index (χ3n) is 2.54. The van der Waals surface area contributed by atoms with E-state index in [2.05, 4.69) is 24.9 Å². The summed E-state index contributed by atoms with van der Waals surface area (Å²) in [5, 5.41) is 6.47. The van der Waals surface area contributed by atoms with Crippen molar-refractivity contribution in [3.63, 3.8) is 0 Å². The Bertz CT molecular complexity index is 736. The summed E-state index contributed by atoms with van der Waals surface area (Å²) in [6, 6.07) is 5.41. The van der Waals surface area contributed by atoms with Gasteiger partial charge in [-0.15, -0.1) is 13.2 Å². The van der Waals surface area contributed by atoms with E-state index in [0.717, 1.165) is 0 Å². The van der Waals surface area contributed by atoms with Gasteiger partial charge >= 0.3 is 6.36 Å². The third-order valence-corrected chi connectivity index (χ3v) is 2.54. The minimum Gasteiger partial charge on any atom is -0.406 e. The number of nitrogens with zero attached hydrogens (tertiary/aromatic N) is 3. The molecule has 20 heavy (non-hydrogen) atoms. The molecule has 3 aromatic rings. The molecule has 1 aromatic carbocycles. The molecule has 2 heterocycles. The molecule has 0 saturated heterocycles. The van der Waals surface area contributed by atoms with Gasteiger partial charge in [0.15, 0.2) is 5.65 Å². The molecule has 1 N–H and O–H groups in total. The fourth-order valence-corrected chi connectivity index (χ4v) is 1.70. The highest BCUT2D eigenvalue weighted by molar-refractivity contribution is 5.72. The highest BCUT2D eigenvalue weighted by Crippen LogP contribution is 2.25.